The molecule has 1 saturated heterocycles. The van der Waals surface area contributed by atoms with Gasteiger partial charge in [-0.2, -0.15) is 0 Å². The fourth-order valence-corrected chi connectivity index (χ4v) is 1.56. The molecular weight excluding hydrogens is 237 g/mol. The van der Waals surface area contributed by atoms with Crippen LogP contribution in [0.25, 0.3) is 0 Å². The van der Waals surface area contributed by atoms with Crippen molar-refractivity contribution in [3.05, 3.63) is 10.2 Å². The summed E-state index contributed by atoms with van der Waals surface area (Å²) in [6, 6.07) is 0. The van der Waals surface area contributed by atoms with E-state index in [1.165, 1.54) is 32.4 Å². The zero-order valence-electron chi connectivity index (χ0n) is 6.22. The summed E-state index contributed by atoms with van der Waals surface area (Å²) < 4.78 is 2.10. The smallest absolute Gasteiger partial charge is 0.0170 e. The maximum absolute atomic E-state index is 2.51. The first-order valence-electron chi connectivity index (χ1n) is 3.91. The van der Waals surface area contributed by atoms with E-state index >= 15 is 0 Å². The summed E-state index contributed by atoms with van der Waals surface area (Å²) in [4.78, 5) is 2.51. The van der Waals surface area contributed by atoms with Crippen LogP contribution in [0.15, 0.2) is 10.2 Å². The molecule has 1 heterocycles. The number of piperidine rings is 1. The highest BCUT2D eigenvalue weighted by atomic mass is 127. The third kappa shape index (κ3) is 3.01. The van der Waals surface area contributed by atoms with Crippen molar-refractivity contribution in [3.8, 4) is 0 Å². The maximum Gasteiger partial charge on any atom is 0.0170 e. The molecule has 1 aliphatic rings. The molecule has 0 aromatic heterocycles. The lowest BCUT2D eigenvalue weighted by molar-refractivity contribution is 0.251. The van der Waals surface area contributed by atoms with E-state index in [0.29, 0.717) is 0 Å². The summed E-state index contributed by atoms with van der Waals surface area (Å²) in [5, 5.41) is 0. The van der Waals surface area contributed by atoms with Crippen molar-refractivity contribution in [3.63, 3.8) is 0 Å². The van der Waals surface area contributed by atoms with Crippen LogP contribution in [0, 0.1) is 0 Å². The molecule has 0 saturated carbocycles. The summed E-state index contributed by atoms with van der Waals surface area (Å²) in [6.07, 6.45) is 6.46. The Bertz CT molecular complexity index is 106. The van der Waals surface area contributed by atoms with Crippen LogP contribution in [0.2, 0.25) is 0 Å². The Morgan fingerprint density at radius 1 is 1.20 bits per heavy atom. The van der Waals surface area contributed by atoms with Gasteiger partial charge in [-0.25, -0.2) is 0 Å². The Morgan fingerprint density at radius 2 is 1.90 bits per heavy atom. The largest absolute Gasteiger partial charge is 0.300 e. The monoisotopic (exact) mass is 251 g/mol. The van der Waals surface area contributed by atoms with Crippen molar-refractivity contribution in [2.24, 2.45) is 0 Å². The molecule has 0 spiro atoms. The quantitative estimate of drug-likeness (QED) is 0.681. The van der Waals surface area contributed by atoms with Crippen molar-refractivity contribution >= 4 is 22.6 Å². The molecule has 0 bridgehead atoms. The molecule has 0 amide bonds. The highest BCUT2D eigenvalue weighted by Crippen LogP contribution is 2.07. The number of hydrogen-bond acceptors (Lipinski definition) is 1. The minimum absolute atomic E-state index is 1.16. The molecule has 0 unspecified atom stereocenters. The summed E-state index contributed by atoms with van der Waals surface area (Å²) in [5.41, 5.74) is 0. The van der Waals surface area contributed by atoms with E-state index in [1.54, 1.807) is 0 Å². The molecule has 1 nitrogen and oxygen atoms in total. The SMILES string of the molecule is I/C=C/CN1CCCCC1. The highest BCUT2D eigenvalue weighted by molar-refractivity contribution is 14.1. The molecule has 2 heteroatoms. The molecule has 1 rings (SSSR count). The normalized spacial score (nSPS) is 22.1. The van der Waals surface area contributed by atoms with Crippen LogP contribution >= 0.6 is 22.6 Å². The Labute approximate surface area is 76.6 Å². The van der Waals surface area contributed by atoms with Crippen LogP contribution in [0.3, 0.4) is 0 Å². The molecule has 0 radical (unpaired) electrons. The number of rotatable bonds is 2. The second-order valence-corrected chi connectivity index (χ2v) is 3.44. The molecule has 10 heavy (non-hydrogen) atoms. The van der Waals surface area contributed by atoms with Gasteiger partial charge in [0.15, 0.2) is 0 Å². The molecule has 1 aliphatic heterocycles. The first-order chi connectivity index (χ1) is 4.93. The zero-order valence-corrected chi connectivity index (χ0v) is 8.38. The Hall–Kier alpha value is 0.430. The van der Waals surface area contributed by atoms with E-state index in [4.69, 9.17) is 0 Å². The number of likely N-dealkylation sites (tertiary alicyclic amines) is 1. The Kier molecular flexibility index (Phi) is 4.37. The van der Waals surface area contributed by atoms with Gasteiger partial charge in [0.05, 0.1) is 0 Å². The van der Waals surface area contributed by atoms with Gasteiger partial charge in [-0.15, -0.1) is 0 Å². The van der Waals surface area contributed by atoms with Crippen LogP contribution in [0.4, 0.5) is 0 Å². The first kappa shape index (κ1) is 8.53. The van der Waals surface area contributed by atoms with E-state index in [1.807, 2.05) is 0 Å². The van der Waals surface area contributed by atoms with Gasteiger partial charge in [0.2, 0.25) is 0 Å². The molecular formula is C8H14IN. The van der Waals surface area contributed by atoms with Gasteiger partial charge >= 0.3 is 0 Å². The maximum atomic E-state index is 2.51. The molecule has 0 N–H and O–H groups in total. The van der Waals surface area contributed by atoms with Gasteiger partial charge in [-0.3, -0.25) is 4.90 Å². The van der Waals surface area contributed by atoms with Crippen molar-refractivity contribution in [1.82, 2.24) is 4.90 Å². The summed E-state index contributed by atoms with van der Waals surface area (Å²) in [6.45, 7) is 3.77. The Balaban J connectivity index is 2.13. The molecule has 0 atom stereocenters. The van der Waals surface area contributed by atoms with Crippen LogP contribution < -0.4 is 0 Å². The van der Waals surface area contributed by atoms with Crippen LogP contribution in [0.5, 0.6) is 0 Å². The van der Waals surface area contributed by atoms with E-state index in [0.717, 1.165) is 6.54 Å². The fraction of sp³-hybridized carbons (Fsp3) is 0.750. The predicted octanol–water partition coefficient (Wildman–Crippen LogP) is 2.42. The fourth-order valence-electron chi connectivity index (χ4n) is 1.33. The van der Waals surface area contributed by atoms with Crippen molar-refractivity contribution in [2.45, 2.75) is 19.3 Å². The number of nitrogens with zero attached hydrogens (tertiary/aromatic N) is 1. The summed E-state index contributed by atoms with van der Waals surface area (Å²) >= 11 is 2.28. The second-order valence-electron chi connectivity index (χ2n) is 2.72. The molecule has 58 valence electrons. The standard InChI is InChI=1S/C8H14IN/c9-5-4-8-10-6-2-1-3-7-10/h4-5H,1-3,6-8H2/b5-4+. The average molecular weight is 251 g/mol. The van der Waals surface area contributed by atoms with E-state index in [2.05, 4.69) is 37.6 Å². The van der Waals surface area contributed by atoms with Crippen molar-refractivity contribution < 1.29 is 0 Å². The van der Waals surface area contributed by atoms with Crippen molar-refractivity contribution in [2.75, 3.05) is 19.6 Å². The van der Waals surface area contributed by atoms with Crippen LogP contribution in [-0.2, 0) is 0 Å². The predicted molar refractivity (Wildman–Crippen MR) is 53.5 cm³/mol. The minimum atomic E-state index is 1.16. The van der Waals surface area contributed by atoms with Crippen LogP contribution in [-0.4, -0.2) is 24.5 Å². The third-order valence-corrected chi connectivity index (χ3v) is 2.41. The lowest BCUT2D eigenvalue weighted by Crippen LogP contribution is -2.29. The number of hydrogen-bond donors (Lipinski definition) is 0. The highest BCUT2D eigenvalue weighted by Gasteiger charge is 2.06. The van der Waals surface area contributed by atoms with Gasteiger partial charge in [0, 0.05) is 6.54 Å². The first-order valence-corrected chi connectivity index (χ1v) is 5.15. The molecule has 0 aromatic carbocycles. The average Bonchev–Trinajstić information content (AvgIpc) is 2.03. The van der Waals surface area contributed by atoms with Gasteiger partial charge in [0.25, 0.3) is 0 Å². The third-order valence-electron chi connectivity index (χ3n) is 1.90. The van der Waals surface area contributed by atoms with E-state index in [-0.39, 0.29) is 0 Å². The molecule has 1 fully saturated rings. The zero-order chi connectivity index (χ0) is 7.23. The molecule has 0 aliphatic carbocycles. The van der Waals surface area contributed by atoms with Gasteiger partial charge in [-0.1, -0.05) is 35.1 Å². The van der Waals surface area contributed by atoms with Crippen molar-refractivity contribution in [1.29, 1.82) is 0 Å². The van der Waals surface area contributed by atoms with Gasteiger partial charge < -0.3 is 0 Å². The second kappa shape index (κ2) is 5.13. The topological polar surface area (TPSA) is 3.24 Å². The summed E-state index contributed by atoms with van der Waals surface area (Å²) in [5.74, 6) is 0. The van der Waals surface area contributed by atoms with Gasteiger partial charge in [0.1, 0.15) is 0 Å². The van der Waals surface area contributed by atoms with Crippen LogP contribution in [0.1, 0.15) is 19.3 Å². The lowest BCUT2D eigenvalue weighted by atomic mass is 10.1. The minimum Gasteiger partial charge on any atom is -0.300 e. The lowest BCUT2D eigenvalue weighted by Gasteiger charge is -2.24. The van der Waals surface area contributed by atoms with E-state index in [9.17, 15) is 0 Å². The van der Waals surface area contributed by atoms with E-state index < -0.39 is 0 Å². The summed E-state index contributed by atoms with van der Waals surface area (Å²) in [7, 11) is 0. The van der Waals surface area contributed by atoms with Gasteiger partial charge in [-0.05, 0) is 30.0 Å². The Morgan fingerprint density at radius 3 is 2.50 bits per heavy atom. The number of halogens is 1. The molecule has 0 aromatic rings.